The van der Waals surface area contributed by atoms with Gasteiger partial charge >= 0.3 is 0 Å². The molecule has 1 unspecified atom stereocenters. The number of benzene rings is 1. The van der Waals surface area contributed by atoms with Gasteiger partial charge in [-0.2, -0.15) is 5.10 Å². The SMILES string of the molecule is CCNC(=NCCn1cc(C)cn1)NC1CCCN(c2ccccc2)C1. The number of aliphatic imine (C=N–C) groups is 1. The summed E-state index contributed by atoms with van der Waals surface area (Å²) in [6, 6.07) is 11.1. The van der Waals surface area contributed by atoms with Gasteiger partial charge in [-0.15, -0.1) is 0 Å². The van der Waals surface area contributed by atoms with Crippen molar-refractivity contribution in [1.82, 2.24) is 20.4 Å². The predicted octanol–water partition coefficient (Wildman–Crippen LogP) is 2.42. The van der Waals surface area contributed by atoms with Crippen molar-refractivity contribution < 1.29 is 0 Å². The standard InChI is InChI=1S/C20H30N6/c1-3-21-20(22-11-13-26-15-17(2)14-23-26)24-18-8-7-12-25(16-18)19-9-5-4-6-10-19/h4-6,9-10,14-15,18H,3,7-8,11-13,16H2,1-2H3,(H2,21,22,24). The summed E-state index contributed by atoms with van der Waals surface area (Å²) in [5.41, 5.74) is 2.48. The molecule has 2 aromatic rings. The number of aromatic nitrogens is 2. The zero-order chi connectivity index (χ0) is 18.2. The van der Waals surface area contributed by atoms with Crippen molar-refractivity contribution in [3.05, 3.63) is 48.3 Å². The lowest BCUT2D eigenvalue weighted by atomic mass is 10.1. The van der Waals surface area contributed by atoms with Gasteiger partial charge in [0.15, 0.2) is 5.96 Å². The third-order valence-electron chi connectivity index (χ3n) is 4.59. The molecule has 1 aromatic carbocycles. The normalized spacial score (nSPS) is 18.0. The van der Waals surface area contributed by atoms with Gasteiger partial charge in [-0.3, -0.25) is 9.67 Å². The first-order chi connectivity index (χ1) is 12.7. The molecule has 2 N–H and O–H groups in total. The minimum absolute atomic E-state index is 0.411. The highest BCUT2D eigenvalue weighted by molar-refractivity contribution is 5.80. The van der Waals surface area contributed by atoms with Crippen molar-refractivity contribution in [3.63, 3.8) is 0 Å². The van der Waals surface area contributed by atoms with Crippen molar-refractivity contribution >= 4 is 11.6 Å². The van der Waals surface area contributed by atoms with E-state index < -0.39 is 0 Å². The maximum atomic E-state index is 4.72. The van der Waals surface area contributed by atoms with Crippen LogP contribution in [-0.2, 0) is 6.54 Å². The Morgan fingerprint density at radius 1 is 1.31 bits per heavy atom. The molecular formula is C20H30N6. The number of para-hydroxylation sites is 1. The van der Waals surface area contributed by atoms with E-state index >= 15 is 0 Å². The molecule has 2 heterocycles. The van der Waals surface area contributed by atoms with Crippen molar-refractivity contribution in [2.45, 2.75) is 39.3 Å². The maximum Gasteiger partial charge on any atom is 0.191 e. The minimum Gasteiger partial charge on any atom is -0.369 e. The molecule has 0 saturated carbocycles. The van der Waals surface area contributed by atoms with Crippen LogP contribution in [0.3, 0.4) is 0 Å². The molecule has 3 rings (SSSR count). The molecule has 0 aliphatic carbocycles. The summed E-state index contributed by atoms with van der Waals surface area (Å²) in [7, 11) is 0. The topological polar surface area (TPSA) is 57.5 Å². The van der Waals surface area contributed by atoms with Crippen LogP contribution in [0.25, 0.3) is 0 Å². The number of aryl methyl sites for hydroxylation is 1. The molecular weight excluding hydrogens is 324 g/mol. The molecule has 1 atom stereocenters. The zero-order valence-corrected chi connectivity index (χ0v) is 15.9. The van der Waals surface area contributed by atoms with Crippen LogP contribution in [0.15, 0.2) is 47.7 Å². The van der Waals surface area contributed by atoms with E-state index in [0.29, 0.717) is 12.6 Å². The van der Waals surface area contributed by atoms with Gasteiger partial charge in [0.25, 0.3) is 0 Å². The van der Waals surface area contributed by atoms with Gasteiger partial charge in [0.2, 0.25) is 0 Å². The average Bonchev–Trinajstić information content (AvgIpc) is 3.08. The molecule has 26 heavy (non-hydrogen) atoms. The Bertz CT molecular complexity index is 693. The summed E-state index contributed by atoms with van der Waals surface area (Å²) in [4.78, 5) is 7.18. The number of rotatable bonds is 6. The summed E-state index contributed by atoms with van der Waals surface area (Å²) < 4.78 is 1.94. The lowest BCUT2D eigenvalue weighted by Crippen LogP contribution is -2.51. The summed E-state index contributed by atoms with van der Waals surface area (Å²) >= 11 is 0. The average molecular weight is 355 g/mol. The zero-order valence-electron chi connectivity index (χ0n) is 15.9. The molecule has 6 heteroatoms. The number of nitrogens with zero attached hydrogens (tertiary/aromatic N) is 4. The van der Waals surface area contributed by atoms with Gasteiger partial charge < -0.3 is 15.5 Å². The maximum absolute atomic E-state index is 4.72. The van der Waals surface area contributed by atoms with Crippen molar-refractivity contribution in [2.24, 2.45) is 4.99 Å². The Kier molecular flexibility index (Phi) is 6.52. The van der Waals surface area contributed by atoms with Crippen molar-refractivity contribution in [2.75, 3.05) is 31.1 Å². The molecule has 1 aromatic heterocycles. The molecule has 1 aliphatic rings. The first kappa shape index (κ1) is 18.3. The van der Waals surface area contributed by atoms with Gasteiger partial charge in [-0.05, 0) is 44.4 Å². The number of nitrogens with one attached hydrogen (secondary N) is 2. The number of piperidine rings is 1. The number of hydrogen-bond acceptors (Lipinski definition) is 3. The van der Waals surface area contributed by atoms with E-state index in [0.717, 1.165) is 32.1 Å². The third-order valence-corrected chi connectivity index (χ3v) is 4.59. The van der Waals surface area contributed by atoms with Crippen LogP contribution >= 0.6 is 0 Å². The van der Waals surface area contributed by atoms with Gasteiger partial charge in [0, 0.05) is 37.6 Å². The Morgan fingerprint density at radius 2 is 2.15 bits per heavy atom. The summed E-state index contributed by atoms with van der Waals surface area (Å²) in [5, 5.41) is 11.3. The number of hydrogen-bond donors (Lipinski definition) is 2. The number of anilines is 1. The molecule has 1 saturated heterocycles. The van der Waals surface area contributed by atoms with Crippen LogP contribution in [0, 0.1) is 6.92 Å². The second kappa shape index (κ2) is 9.27. The van der Waals surface area contributed by atoms with Crippen LogP contribution in [0.4, 0.5) is 5.69 Å². The largest absolute Gasteiger partial charge is 0.369 e. The van der Waals surface area contributed by atoms with Crippen LogP contribution in [-0.4, -0.2) is 48.0 Å². The van der Waals surface area contributed by atoms with Crippen molar-refractivity contribution in [1.29, 1.82) is 0 Å². The monoisotopic (exact) mass is 354 g/mol. The summed E-state index contributed by atoms with van der Waals surface area (Å²) in [6.07, 6.45) is 6.30. The highest BCUT2D eigenvalue weighted by Gasteiger charge is 2.20. The van der Waals surface area contributed by atoms with Gasteiger partial charge in [-0.25, -0.2) is 0 Å². The molecule has 1 fully saturated rings. The highest BCUT2D eigenvalue weighted by Crippen LogP contribution is 2.19. The predicted molar refractivity (Wildman–Crippen MR) is 108 cm³/mol. The van der Waals surface area contributed by atoms with Crippen LogP contribution in [0.2, 0.25) is 0 Å². The fraction of sp³-hybridized carbons (Fsp3) is 0.500. The third kappa shape index (κ3) is 5.25. The summed E-state index contributed by atoms with van der Waals surface area (Å²) in [5.74, 6) is 0.899. The molecule has 0 radical (unpaired) electrons. The fourth-order valence-corrected chi connectivity index (χ4v) is 3.34. The molecule has 0 spiro atoms. The van der Waals surface area contributed by atoms with Gasteiger partial charge in [0.05, 0.1) is 19.3 Å². The van der Waals surface area contributed by atoms with Crippen LogP contribution in [0.5, 0.6) is 0 Å². The smallest absolute Gasteiger partial charge is 0.191 e. The Balaban J connectivity index is 1.55. The Hall–Kier alpha value is -2.50. The van der Waals surface area contributed by atoms with E-state index in [-0.39, 0.29) is 0 Å². The van der Waals surface area contributed by atoms with Crippen LogP contribution < -0.4 is 15.5 Å². The fourth-order valence-electron chi connectivity index (χ4n) is 3.34. The first-order valence-corrected chi connectivity index (χ1v) is 9.58. The second-order valence-corrected chi connectivity index (χ2v) is 6.81. The van der Waals surface area contributed by atoms with E-state index in [2.05, 4.69) is 71.0 Å². The Labute approximate surface area is 156 Å². The van der Waals surface area contributed by atoms with E-state index in [1.54, 1.807) is 0 Å². The lowest BCUT2D eigenvalue weighted by molar-refractivity contribution is 0.467. The summed E-state index contributed by atoms with van der Waals surface area (Å²) in [6.45, 7) is 8.66. The van der Waals surface area contributed by atoms with Crippen LogP contribution in [0.1, 0.15) is 25.3 Å². The number of guanidine groups is 1. The Morgan fingerprint density at radius 3 is 2.88 bits per heavy atom. The molecule has 1 aliphatic heterocycles. The second-order valence-electron chi connectivity index (χ2n) is 6.81. The molecule has 6 nitrogen and oxygen atoms in total. The first-order valence-electron chi connectivity index (χ1n) is 9.58. The molecule has 0 amide bonds. The molecule has 0 bridgehead atoms. The van der Waals surface area contributed by atoms with E-state index in [1.807, 2.05) is 10.9 Å². The highest BCUT2D eigenvalue weighted by atomic mass is 15.3. The quantitative estimate of drug-likeness (QED) is 0.618. The molecule has 140 valence electrons. The van der Waals surface area contributed by atoms with Gasteiger partial charge in [0.1, 0.15) is 0 Å². The van der Waals surface area contributed by atoms with Gasteiger partial charge in [-0.1, -0.05) is 18.2 Å². The van der Waals surface area contributed by atoms with E-state index in [9.17, 15) is 0 Å². The van der Waals surface area contributed by atoms with E-state index in [4.69, 9.17) is 4.99 Å². The van der Waals surface area contributed by atoms with Crippen molar-refractivity contribution in [3.8, 4) is 0 Å². The van der Waals surface area contributed by atoms with E-state index in [1.165, 1.54) is 24.1 Å². The lowest BCUT2D eigenvalue weighted by Gasteiger charge is -2.35. The minimum atomic E-state index is 0.411.